The Kier molecular flexibility index (Phi) is 4.61. The number of rotatable bonds is 7. The highest BCUT2D eigenvalue weighted by atomic mass is 16.3. The van der Waals surface area contributed by atoms with Crippen molar-refractivity contribution in [3.63, 3.8) is 0 Å². The van der Waals surface area contributed by atoms with E-state index in [2.05, 4.69) is 28.4 Å². The van der Waals surface area contributed by atoms with Gasteiger partial charge < -0.3 is 14.7 Å². The molecule has 0 fully saturated rings. The molecule has 24 heavy (non-hydrogen) atoms. The highest BCUT2D eigenvalue weighted by Gasteiger charge is 2.09. The van der Waals surface area contributed by atoms with Crippen LogP contribution in [0.4, 0.5) is 5.69 Å². The number of anilines is 1. The first-order chi connectivity index (χ1) is 11.7. The van der Waals surface area contributed by atoms with Crippen LogP contribution in [-0.2, 0) is 19.4 Å². The maximum absolute atomic E-state index is 12.2. The molecule has 122 valence electrons. The summed E-state index contributed by atoms with van der Waals surface area (Å²) in [6.45, 7) is 7.83. The van der Waals surface area contributed by atoms with Gasteiger partial charge in [0.05, 0.1) is 6.54 Å². The van der Waals surface area contributed by atoms with Gasteiger partial charge in [-0.15, -0.1) is 13.2 Å². The van der Waals surface area contributed by atoms with Gasteiger partial charge in [0, 0.05) is 12.1 Å². The van der Waals surface area contributed by atoms with Crippen LogP contribution in [0.25, 0.3) is 11.1 Å². The van der Waals surface area contributed by atoms with Gasteiger partial charge in [0.25, 0.3) is 5.56 Å². The molecule has 0 radical (unpaired) electrons. The number of nitrogens with one attached hydrogen (secondary N) is 2. The van der Waals surface area contributed by atoms with Gasteiger partial charge in [0.2, 0.25) is 5.89 Å². The summed E-state index contributed by atoms with van der Waals surface area (Å²) in [5, 5.41) is 3.10. The number of allylic oxidation sites excluding steroid dienone is 2. The lowest BCUT2D eigenvalue weighted by Gasteiger charge is -2.09. The summed E-state index contributed by atoms with van der Waals surface area (Å²) in [6.07, 6.45) is 4.87. The van der Waals surface area contributed by atoms with E-state index in [1.54, 1.807) is 6.08 Å². The summed E-state index contributed by atoms with van der Waals surface area (Å²) in [6, 6.07) is 9.41. The summed E-state index contributed by atoms with van der Waals surface area (Å²) in [4.78, 5) is 19.5. The molecule has 0 spiro atoms. The average molecular weight is 321 g/mol. The van der Waals surface area contributed by atoms with Crippen LogP contribution in [0.15, 0.2) is 64.9 Å². The molecule has 1 aromatic carbocycles. The second-order valence-electron chi connectivity index (χ2n) is 5.43. The minimum atomic E-state index is -0.171. The molecule has 0 aliphatic carbocycles. The monoisotopic (exact) mass is 321 g/mol. The molecule has 2 heterocycles. The lowest BCUT2D eigenvalue weighted by atomic mass is 10.1. The Bertz CT molecular complexity index is 904. The van der Waals surface area contributed by atoms with Crippen molar-refractivity contribution in [1.29, 1.82) is 0 Å². The maximum Gasteiger partial charge on any atom is 0.271 e. The van der Waals surface area contributed by atoms with Crippen molar-refractivity contribution in [3.8, 4) is 0 Å². The minimum absolute atomic E-state index is 0.171. The number of aromatic nitrogens is 2. The van der Waals surface area contributed by atoms with Crippen LogP contribution in [0, 0.1) is 0 Å². The van der Waals surface area contributed by atoms with Crippen molar-refractivity contribution in [2.24, 2.45) is 0 Å². The van der Waals surface area contributed by atoms with Crippen LogP contribution >= 0.6 is 0 Å². The summed E-state index contributed by atoms with van der Waals surface area (Å²) in [5.74, 6) is 0.538. The van der Waals surface area contributed by atoms with Crippen molar-refractivity contribution < 1.29 is 4.42 Å². The molecule has 2 N–H and O–H groups in total. The summed E-state index contributed by atoms with van der Waals surface area (Å²) < 4.78 is 5.65. The first kappa shape index (κ1) is 15.8. The van der Waals surface area contributed by atoms with Crippen molar-refractivity contribution in [1.82, 2.24) is 9.97 Å². The van der Waals surface area contributed by atoms with E-state index < -0.39 is 0 Å². The number of H-pyrrole nitrogens is 1. The Morgan fingerprint density at radius 3 is 2.75 bits per heavy atom. The van der Waals surface area contributed by atoms with E-state index in [1.807, 2.05) is 36.4 Å². The first-order valence-corrected chi connectivity index (χ1v) is 7.76. The molecule has 0 bridgehead atoms. The normalized spacial score (nSPS) is 10.7. The number of benzene rings is 1. The SMILES string of the molecule is C=CCc1cc(NCc2nc3ccccc3o2)c(=O)[nH]c1CC=C. The molecule has 2 aromatic heterocycles. The molecule has 0 aliphatic heterocycles. The molecule has 0 saturated carbocycles. The third kappa shape index (κ3) is 3.30. The average Bonchev–Trinajstić information content (AvgIpc) is 2.99. The van der Waals surface area contributed by atoms with Crippen molar-refractivity contribution in [2.45, 2.75) is 19.4 Å². The van der Waals surface area contributed by atoms with Crippen LogP contribution in [0.5, 0.6) is 0 Å². The van der Waals surface area contributed by atoms with E-state index in [9.17, 15) is 4.79 Å². The number of para-hydroxylation sites is 2. The summed E-state index contributed by atoms with van der Waals surface area (Å²) in [7, 11) is 0. The lowest BCUT2D eigenvalue weighted by Crippen LogP contribution is -2.17. The molecule has 0 unspecified atom stereocenters. The van der Waals surface area contributed by atoms with E-state index in [0.717, 1.165) is 22.4 Å². The fourth-order valence-electron chi connectivity index (χ4n) is 2.57. The zero-order valence-electron chi connectivity index (χ0n) is 13.3. The predicted octanol–water partition coefficient (Wildman–Crippen LogP) is 3.59. The van der Waals surface area contributed by atoms with Gasteiger partial charge in [-0.1, -0.05) is 24.3 Å². The third-order valence-corrected chi connectivity index (χ3v) is 3.70. The van der Waals surface area contributed by atoms with Crippen molar-refractivity contribution >= 4 is 16.8 Å². The molecular formula is C19H19N3O2. The van der Waals surface area contributed by atoms with Gasteiger partial charge in [-0.2, -0.15) is 0 Å². The fourth-order valence-corrected chi connectivity index (χ4v) is 2.57. The molecule has 5 nitrogen and oxygen atoms in total. The Hall–Kier alpha value is -3.08. The lowest BCUT2D eigenvalue weighted by molar-refractivity contribution is 0.540. The number of nitrogens with zero attached hydrogens (tertiary/aromatic N) is 1. The maximum atomic E-state index is 12.2. The van der Waals surface area contributed by atoms with Crippen LogP contribution in [0.3, 0.4) is 0 Å². The highest BCUT2D eigenvalue weighted by Crippen LogP contribution is 2.16. The minimum Gasteiger partial charge on any atom is -0.439 e. The second kappa shape index (κ2) is 7.00. The topological polar surface area (TPSA) is 70.9 Å². The van der Waals surface area contributed by atoms with Crippen molar-refractivity contribution in [3.05, 3.63) is 83.1 Å². The standard InChI is InChI=1S/C19H19N3O2/c1-3-7-13-11-16(19(23)22-14(13)8-4-2)20-12-18-21-15-9-5-6-10-17(15)24-18/h3-6,9-11,20H,1-2,7-8,12H2,(H,22,23). The van der Waals surface area contributed by atoms with Crippen LogP contribution in [-0.4, -0.2) is 9.97 Å². The van der Waals surface area contributed by atoms with E-state index in [1.165, 1.54) is 0 Å². The predicted molar refractivity (Wildman–Crippen MR) is 96.2 cm³/mol. The fraction of sp³-hybridized carbons (Fsp3) is 0.158. The van der Waals surface area contributed by atoms with Gasteiger partial charge in [-0.25, -0.2) is 4.98 Å². The molecule has 3 rings (SSSR count). The Balaban J connectivity index is 1.83. The number of pyridine rings is 1. The smallest absolute Gasteiger partial charge is 0.271 e. The Morgan fingerprint density at radius 1 is 1.21 bits per heavy atom. The summed E-state index contributed by atoms with van der Waals surface area (Å²) >= 11 is 0. The highest BCUT2D eigenvalue weighted by molar-refractivity contribution is 5.72. The molecule has 3 aromatic rings. The molecule has 5 heteroatoms. The van der Waals surface area contributed by atoms with Gasteiger partial charge in [0.1, 0.15) is 11.2 Å². The molecule has 0 aliphatic rings. The molecule has 0 amide bonds. The van der Waals surface area contributed by atoms with E-state index in [4.69, 9.17) is 4.42 Å². The zero-order valence-corrected chi connectivity index (χ0v) is 13.3. The number of aromatic amines is 1. The Morgan fingerprint density at radius 2 is 2.00 bits per heavy atom. The van der Waals surface area contributed by atoms with Gasteiger partial charge in [-0.05, 0) is 30.2 Å². The first-order valence-electron chi connectivity index (χ1n) is 7.76. The number of oxazole rings is 1. The summed E-state index contributed by atoms with van der Waals surface area (Å²) in [5.41, 5.74) is 3.73. The molecule has 0 atom stereocenters. The number of fused-ring (bicyclic) bond motifs is 1. The van der Waals surface area contributed by atoms with E-state index >= 15 is 0 Å². The largest absolute Gasteiger partial charge is 0.439 e. The Labute approximate surface area is 139 Å². The number of hydrogen-bond acceptors (Lipinski definition) is 4. The molecule has 0 saturated heterocycles. The van der Waals surface area contributed by atoms with Gasteiger partial charge >= 0.3 is 0 Å². The van der Waals surface area contributed by atoms with Crippen molar-refractivity contribution in [2.75, 3.05) is 5.32 Å². The van der Waals surface area contributed by atoms with E-state index in [-0.39, 0.29) is 5.56 Å². The van der Waals surface area contributed by atoms with E-state index in [0.29, 0.717) is 31.0 Å². The quantitative estimate of drug-likeness (QED) is 0.652. The molecular weight excluding hydrogens is 302 g/mol. The third-order valence-electron chi connectivity index (χ3n) is 3.70. The number of hydrogen-bond donors (Lipinski definition) is 2. The van der Waals surface area contributed by atoms with Crippen LogP contribution < -0.4 is 10.9 Å². The zero-order chi connectivity index (χ0) is 16.9. The van der Waals surface area contributed by atoms with Gasteiger partial charge in [-0.3, -0.25) is 4.79 Å². The van der Waals surface area contributed by atoms with Crippen LogP contribution in [0.1, 0.15) is 17.1 Å². The van der Waals surface area contributed by atoms with Gasteiger partial charge in [0.15, 0.2) is 5.58 Å². The van der Waals surface area contributed by atoms with Crippen LogP contribution in [0.2, 0.25) is 0 Å². The second-order valence-corrected chi connectivity index (χ2v) is 5.43.